The Morgan fingerprint density at radius 3 is 2.37 bits per heavy atom. The quantitative estimate of drug-likeness (QED) is 0.427. The van der Waals surface area contributed by atoms with Gasteiger partial charge < -0.3 is 15.0 Å². The zero-order valence-corrected chi connectivity index (χ0v) is 23.6. The predicted octanol–water partition coefficient (Wildman–Crippen LogP) is 4.07. The van der Waals surface area contributed by atoms with Crippen molar-refractivity contribution >= 4 is 55.1 Å². The second kappa shape index (κ2) is 12.6. The Balaban J connectivity index is 2.39. The van der Waals surface area contributed by atoms with Gasteiger partial charge in [-0.2, -0.15) is 0 Å². The van der Waals surface area contributed by atoms with Crippen LogP contribution < -0.4 is 14.4 Å². The van der Waals surface area contributed by atoms with Gasteiger partial charge in [0.1, 0.15) is 18.3 Å². The molecule has 0 radical (unpaired) electrons. The topological polar surface area (TPSA) is 96.0 Å². The number of halogens is 2. The Morgan fingerprint density at radius 1 is 1.14 bits per heavy atom. The molecule has 11 heteroatoms. The molecule has 2 rings (SSSR count). The van der Waals surface area contributed by atoms with Gasteiger partial charge in [-0.05, 0) is 48.7 Å². The summed E-state index contributed by atoms with van der Waals surface area (Å²) in [5, 5.41) is 3.05. The number of nitrogens with one attached hydrogen (secondary N) is 1. The van der Waals surface area contributed by atoms with Crippen LogP contribution in [0.15, 0.2) is 46.9 Å². The number of amides is 2. The fourth-order valence-electron chi connectivity index (χ4n) is 3.29. The van der Waals surface area contributed by atoms with E-state index in [2.05, 4.69) is 21.2 Å². The smallest absolute Gasteiger partial charge is 0.244 e. The van der Waals surface area contributed by atoms with Crippen molar-refractivity contribution in [1.29, 1.82) is 0 Å². The molecule has 0 aromatic heterocycles. The van der Waals surface area contributed by atoms with Gasteiger partial charge in [0.25, 0.3) is 0 Å². The van der Waals surface area contributed by atoms with Crippen molar-refractivity contribution in [1.82, 2.24) is 10.2 Å². The van der Waals surface area contributed by atoms with E-state index in [1.54, 1.807) is 6.92 Å². The zero-order valence-electron chi connectivity index (χ0n) is 20.4. The first-order valence-electron chi connectivity index (χ1n) is 11.0. The predicted molar refractivity (Wildman–Crippen MR) is 142 cm³/mol. The summed E-state index contributed by atoms with van der Waals surface area (Å²) in [6.45, 7) is 5.65. The molecule has 1 atom stereocenters. The monoisotopic (exact) mass is 587 g/mol. The largest absolute Gasteiger partial charge is 0.495 e. The molecule has 0 saturated heterocycles. The van der Waals surface area contributed by atoms with E-state index in [9.17, 15) is 18.0 Å². The summed E-state index contributed by atoms with van der Waals surface area (Å²) in [7, 11) is -2.40. The highest BCUT2D eigenvalue weighted by molar-refractivity contribution is 9.10. The van der Waals surface area contributed by atoms with Crippen molar-refractivity contribution in [2.24, 2.45) is 5.92 Å². The Bertz CT molecular complexity index is 1160. The van der Waals surface area contributed by atoms with Gasteiger partial charge in [0, 0.05) is 17.6 Å². The number of carbonyl (C=O) groups excluding carboxylic acids is 2. The number of hydrogen-bond donors (Lipinski definition) is 1. The fourth-order valence-corrected chi connectivity index (χ4v) is 4.83. The van der Waals surface area contributed by atoms with E-state index in [0.717, 1.165) is 20.6 Å². The van der Waals surface area contributed by atoms with Crippen molar-refractivity contribution < 1.29 is 22.7 Å². The molecule has 192 valence electrons. The van der Waals surface area contributed by atoms with Gasteiger partial charge in [-0.15, -0.1) is 0 Å². The summed E-state index contributed by atoms with van der Waals surface area (Å²) in [5.74, 6) is -0.238. The molecule has 0 aliphatic carbocycles. The van der Waals surface area contributed by atoms with Crippen LogP contribution in [0, 0.1) is 5.92 Å². The Morgan fingerprint density at radius 2 is 1.83 bits per heavy atom. The van der Waals surface area contributed by atoms with Gasteiger partial charge in [-0.3, -0.25) is 13.9 Å². The van der Waals surface area contributed by atoms with E-state index < -0.39 is 28.5 Å². The molecule has 0 heterocycles. The number of anilines is 1. The highest BCUT2D eigenvalue weighted by atomic mass is 79.9. The van der Waals surface area contributed by atoms with Crippen molar-refractivity contribution in [3.05, 3.63) is 57.5 Å². The van der Waals surface area contributed by atoms with Gasteiger partial charge in [-0.1, -0.05) is 53.5 Å². The van der Waals surface area contributed by atoms with E-state index >= 15 is 0 Å². The first-order chi connectivity index (χ1) is 16.3. The molecule has 0 fully saturated rings. The molecule has 2 aromatic rings. The summed E-state index contributed by atoms with van der Waals surface area (Å²) < 4.78 is 32.2. The average molecular weight is 589 g/mol. The van der Waals surface area contributed by atoms with Gasteiger partial charge in [0.05, 0.1) is 24.1 Å². The lowest BCUT2D eigenvalue weighted by Crippen LogP contribution is -2.51. The molecule has 8 nitrogen and oxygen atoms in total. The van der Waals surface area contributed by atoms with Crippen molar-refractivity contribution in [2.75, 3.05) is 30.8 Å². The van der Waals surface area contributed by atoms with Crippen LogP contribution in [0.4, 0.5) is 5.69 Å². The number of hydrogen-bond acceptors (Lipinski definition) is 5. The molecule has 0 aliphatic rings. The molecule has 0 spiro atoms. The van der Waals surface area contributed by atoms with Gasteiger partial charge in [-0.25, -0.2) is 8.42 Å². The van der Waals surface area contributed by atoms with Crippen molar-refractivity contribution in [3.63, 3.8) is 0 Å². The number of rotatable bonds is 11. The first-order valence-corrected chi connectivity index (χ1v) is 14.0. The molecule has 0 saturated carbocycles. The molecular weight excluding hydrogens is 558 g/mol. The second-order valence-electron chi connectivity index (χ2n) is 8.56. The first kappa shape index (κ1) is 28.9. The lowest BCUT2D eigenvalue weighted by Gasteiger charge is -2.31. The zero-order chi connectivity index (χ0) is 26.3. The van der Waals surface area contributed by atoms with Crippen LogP contribution in [0.5, 0.6) is 5.75 Å². The number of nitrogens with zero attached hydrogens (tertiary/aromatic N) is 2. The third-order valence-corrected chi connectivity index (χ3v) is 7.13. The maximum absolute atomic E-state index is 13.5. The van der Waals surface area contributed by atoms with E-state index in [4.69, 9.17) is 16.3 Å². The minimum atomic E-state index is -3.85. The molecular formula is C24H31BrClN3O5S. The highest BCUT2D eigenvalue weighted by Crippen LogP contribution is 2.30. The average Bonchev–Trinajstić information content (AvgIpc) is 2.78. The number of carbonyl (C=O) groups is 2. The molecule has 2 aromatic carbocycles. The maximum atomic E-state index is 13.5. The summed E-state index contributed by atoms with van der Waals surface area (Å²) >= 11 is 9.62. The second-order valence-corrected chi connectivity index (χ2v) is 11.8. The molecule has 35 heavy (non-hydrogen) atoms. The van der Waals surface area contributed by atoms with Crippen molar-refractivity contribution in [3.8, 4) is 5.75 Å². The third kappa shape index (κ3) is 8.40. The number of ether oxygens (including phenoxy) is 1. The summed E-state index contributed by atoms with van der Waals surface area (Å²) in [6.07, 6.45) is 1.01. The van der Waals surface area contributed by atoms with Crippen LogP contribution >= 0.6 is 27.5 Å². The highest BCUT2D eigenvalue weighted by Gasteiger charge is 2.30. The molecule has 2 amide bonds. The summed E-state index contributed by atoms with van der Waals surface area (Å²) in [5.41, 5.74) is 1.00. The van der Waals surface area contributed by atoms with E-state index in [0.29, 0.717) is 12.3 Å². The van der Waals surface area contributed by atoms with E-state index in [1.165, 1.54) is 30.2 Å². The Labute approximate surface area is 220 Å². The van der Waals surface area contributed by atoms with Crippen LogP contribution in [0.3, 0.4) is 0 Å². The van der Waals surface area contributed by atoms with Gasteiger partial charge in [0.15, 0.2) is 0 Å². The fraction of sp³-hybridized carbons (Fsp3) is 0.417. The minimum absolute atomic E-state index is 0.121. The molecule has 0 aliphatic heterocycles. The van der Waals surface area contributed by atoms with E-state index in [-0.39, 0.29) is 29.1 Å². The standard InChI is InChI=1S/C24H31BrClN3O5S/c1-16(2)13-27-24(31)17(3)28(14-18-7-6-8-19(25)11-18)23(30)15-29(35(5,32)33)20-9-10-22(34-4)21(26)12-20/h6-12,16-17H,13-15H2,1-5H3,(H,27,31)/t17-/m1/s1. The molecule has 0 unspecified atom stereocenters. The molecule has 1 N–H and O–H groups in total. The number of benzene rings is 2. The minimum Gasteiger partial charge on any atom is -0.495 e. The lowest BCUT2D eigenvalue weighted by atomic mass is 10.1. The van der Waals surface area contributed by atoms with Gasteiger partial charge >= 0.3 is 0 Å². The lowest BCUT2D eigenvalue weighted by molar-refractivity contribution is -0.139. The van der Waals surface area contributed by atoms with Crippen LogP contribution in [-0.4, -0.2) is 57.6 Å². The van der Waals surface area contributed by atoms with Crippen LogP contribution in [-0.2, 0) is 26.2 Å². The van der Waals surface area contributed by atoms with Crippen LogP contribution in [0.25, 0.3) is 0 Å². The van der Waals surface area contributed by atoms with Crippen LogP contribution in [0.2, 0.25) is 5.02 Å². The van der Waals surface area contributed by atoms with Crippen LogP contribution in [0.1, 0.15) is 26.3 Å². The number of sulfonamides is 1. The normalized spacial score (nSPS) is 12.2. The summed E-state index contributed by atoms with van der Waals surface area (Å²) in [4.78, 5) is 27.7. The summed E-state index contributed by atoms with van der Waals surface area (Å²) in [6, 6.07) is 11.0. The molecule has 0 bridgehead atoms. The Hall–Kier alpha value is -2.30. The van der Waals surface area contributed by atoms with Gasteiger partial charge in [0.2, 0.25) is 21.8 Å². The Kier molecular flexibility index (Phi) is 10.4. The number of methoxy groups -OCH3 is 1. The SMILES string of the molecule is COc1ccc(N(CC(=O)N(Cc2cccc(Br)c2)[C@H](C)C(=O)NCC(C)C)S(C)(=O)=O)cc1Cl. The van der Waals surface area contributed by atoms with Crippen molar-refractivity contribution in [2.45, 2.75) is 33.4 Å². The van der Waals surface area contributed by atoms with E-state index in [1.807, 2.05) is 38.1 Å². The maximum Gasteiger partial charge on any atom is 0.244 e. The third-order valence-electron chi connectivity index (χ3n) is 5.20.